The molecule has 0 rings (SSSR count). The van der Waals surface area contributed by atoms with Crippen molar-refractivity contribution in [3.63, 3.8) is 0 Å². The number of carbonyl (C=O) groups is 1. The number of hydrogen-bond acceptors (Lipinski definition) is 1. The maximum absolute atomic E-state index is 11.0. The van der Waals surface area contributed by atoms with Gasteiger partial charge < -0.3 is 0 Å². The number of halogens is 6. The van der Waals surface area contributed by atoms with Crippen molar-refractivity contribution < 1.29 is 28.6 Å². The van der Waals surface area contributed by atoms with Gasteiger partial charge in [0.15, 0.2) is 6.67 Å². The minimum atomic E-state index is -10.2. The van der Waals surface area contributed by atoms with Crippen LogP contribution in [0.5, 0.6) is 0 Å². The van der Waals surface area contributed by atoms with Gasteiger partial charge >= 0.3 is 15.3 Å². The van der Waals surface area contributed by atoms with Crippen LogP contribution in [-0.2, 0) is 4.79 Å². The fourth-order valence-electron chi connectivity index (χ4n) is 0.103. The lowest BCUT2D eigenvalue weighted by atomic mass is 10.9. The molecule has 0 saturated carbocycles. The quantitative estimate of drug-likeness (QED) is 0.578. The summed E-state index contributed by atoms with van der Waals surface area (Å²) >= 11 is 0. The Morgan fingerprint density at radius 3 is 1.40 bits per heavy atom. The third kappa shape index (κ3) is 2.46. The number of rotatable bonds is 1. The first-order chi connectivity index (χ1) is 3.97. The van der Waals surface area contributed by atoms with Crippen molar-refractivity contribution in [2.24, 2.45) is 0 Å². The van der Waals surface area contributed by atoms with Crippen LogP contribution in [0.25, 0.3) is 0 Å². The van der Waals surface area contributed by atoms with E-state index in [-0.39, 0.29) is 0 Å². The summed E-state index contributed by atoms with van der Waals surface area (Å²) < 4.78 is 66.0. The van der Waals surface area contributed by atoms with Crippen LogP contribution in [-0.4, -0.2) is 11.8 Å². The molecule has 1 nitrogen and oxygen atoms in total. The van der Waals surface area contributed by atoms with Crippen LogP contribution in [0.2, 0.25) is 0 Å². The van der Waals surface area contributed by atoms with Gasteiger partial charge in [0, 0.05) is 0 Å². The first-order valence-electron chi connectivity index (χ1n) is 1.80. The molecule has 0 aromatic heterocycles. The van der Waals surface area contributed by atoms with Gasteiger partial charge in [-0.25, -0.2) is 4.39 Å². The van der Waals surface area contributed by atoms with Crippen LogP contribution in [0.4, 0.5) is 23.8 Å². The summed E-state index contributed by atoms with van der Waals surface area (Å²) in [6.07, 6.45) is 0. The fraction of sp³-hybridized carbons (Fsp3) is 0.500. The minimum Gasteiger partial charge on any atom is -0.274 e. The molecule has 0 radical (unpaired) electrons. The predicted molar refractivity (Wildman–Crippen MR) is 24.1 cm³/mol. The molecule has 0 N–H and O–H groups in total. The summed E-state index contributed by atoms with van der Waals surface area (Å²) in [6, 6.07) is 0. The molecule has 64 valence electrons. The molecule has 0 atom stereocenters. The molecular weight excluding hydrogens is 186 g/mol. The minimum absolute atomic E-state index is 2.71. The Labute approximate surface area is 51.7 Å². The van der Waals surface area contributed by atoms with Crippen molar-refractivity contribution in [3.05, 3.63) is 0 Å². The lowest BCUT2D eigenvalue weighted by molar-refractivity contribution is -0.115. The lowest BCUT2D eigenvalue weighted by Crippen LogP contribution is -2.20. The molecule has 0 fully saturated rings. The number of hydrogen-bond donors (Lipinski definition) is 0. The Kier molecular flexibility index (Phi) is 1.38. The van der Waals surface area contributed by atoms with Crippen molar-refractivity contribution in [1.82, 2.24) is 0 Å². The molecule has 0 unspecified atom stereocenters. The van der Waals surface area contributed by atoms with E-state index in [4.69, 9.17) is 0 Å². The van der Waals surface area contributed by atoms with E-state index in [1.807, 2.05) is 0 Å². The van der Waals surface area contributed by atoms with Gasteiger partial charge in [-0.15, -0.1) is 0 Å². The van der Waals surface area contributed by atoms with Crippen LogP contribution in [0.15, 0.2) is 0 Å². The molecule has 0 aliphatic heterocycles. The molecule has 0 aromatic carbocycles. The van der Waals surface area contributed by atoms with E-state index < -0.39 is 22.0 Å². The van der Waals surface area contributed by atoms with Crippen molar-refractivity contribution >= 4 is 15.3 Å². The predicted octanol–water partition coefficient (Wildman–Crippen LogP) is 2.78. The zero-order valence-corrected chi connectivity index (χ0v) is 5.11. The average molecular weight is 188 g/mol. The van der Waals surface area contributed by atoms with E-state index in [0.717, 1.165) is 0 Å². The summed E-state index contributed by atoms with van der Waals surface area (Å²) in [4.78, 5) is 9.28. The first kappa shape index (κ1) is 9.60. The van der Waals surface area contributed by atoms with Crippen molar-refractivity contribution in [2.45, 2.75) is 0 Å². The molecule has 0 aliphatic carbocycles. The normalized spacial score (nSPS) is 19.4. The highest BCUT2D eigenvalue weighted by Gasteiger charge is 2.71. The standard InChI is InChI=1S/C2H2F6OS/c3-1-2(9)10(4,5,6,7)8/h1H2. The zero-order chi connectivity index (χ0) is 8.69. The molecule has 0 aliphatic rings. The van der Waals surface area contributed by atoms with Gasteiger partial charge in [0.25, 0.3) is 0 Å². The first-order valence-corrected chi connectivity index (χ1v) is 3.75. The van der Waals surface area contributed by atoms with Crippen molar-refractivity contribution in [2.75, 3.05) is 6.67 Å². The van der Waals surface area contributed by atoms with Crippen molar-refractivity contribution in [3.8, 4) is 0 Å². The topological polar surface area (TPSA) is 17.1 Å². The highest BCUT2D eigenvalue weighted by molar-refractivity contribution is 8.56. The Bertz CT molecular complexity index is 163. The van der Waals surface area contributed by atoms with Gasteiger partial charge in [0.2, 0.25) is 0 Å². The second kappa shape index (κ2) is 1.44. The van der Waals surface area contributed by atoms with E-state index >= 15 is 0 Å². The van der Waals surface area contributed by atoms with Crippen LogP contribution in [0.1, 0.15) is 0 Å². The monoisotopic (exact) mass is 188 g/mol. The summed E-state index contributed by atoms with van der Waals surface area (Å²) in [6.45, 7) is -2.71. The molecule has 0 saturated heterocycles. The second-order valence-corrected chi connectivity index (χ2v) is 3.87. The summed E-state index contributed by atoms with van der Waals surface area (Å²) in [5, 5.41) is -3.58. The Hall–Kier alpha value is -0.400. The van der Waals surface area contributed by atoms with Gasteiger partial charge in [-0.2, -0.15) is 0 Å². The van der Waals surface area contributed by atoms with Crippen LogP contribution in [0.3, 0.4) is 0 Å². The molecule has 0 aromatic rings. The van der Waals surface area contributed by atoms with Gasteiger partial charge in [-0.3, -0.25) is 4.79 Å². The lowest BCUT2D eigenvalue weighted by Gasteiger charge is -2.36. The summed E-state index contributed by atoms with van der Waals surface area (Å²) in [5.74, 6) is 0. The van der Waals surface area contributed by atoms with Crippen LogP contribution in [0, 0.1) is 0 Å². The maximum Gasteiger partial charge on any atom is 0.343 e. The second-order valence-electron chi connectivity index (χ2n) is 1.47. The molecular formula is C2H2F6OS. The summed E-state index contributed by atoms with van der Waals surface area (Å²) in [5.41, 5.74) is 0. The van der Waals surface area contributed by atoms with E-state index in [2.05, 4.69) is 0 Å². The summed E-state index contributed by atoms with van der Waals surface area (Å²) in [7, 11) is -10.2. The third-order valence-corrected chi connectivity index (χ3v) is 1.51. The van der Waals surface area contributed by atoms with Gasteiger partial charge in [0.05, 0.1) is 0 Å². The fourth-order valence-corrected chi connectivity index (χ4v) is 0.309. The van der Waals surface area contributed by atoms with Crippen LogP contribution >= 0.6 is 10.2 Å². The van der Waals surface area contributed by atoms with E-state index in [1.54, 1.807) is 0 Å². The van der Waals surface area contributed by atoms with E-state index in [0.29, 0.717) is 0 Å². The Morgan fingerprint density at radius 1 is 1.10 bits per heavy atom. The largest absolute Gasteiger partial charge is 0.343 e. The smallest absolute Gasteiger partial charge is 0.274 e. The highest BCUT2D eigenvalue weighted by Crippen LogP contribution is 2.98. The zero-order valence-electron chi connectivity index (χ0n) is 4.29. The molecule has 0 amide bonds. The van der Waals surface area contributed by atoms with Crippen LogP contribution < -0.4 is 0 Å². The van der Waals surface area contributed by atoms with Gasteiger partial charge in [-0.1, -0.05) is 19.4 Å². The molecule has 8 heteroatoms. The maximum atomic E-state index is 11.0. The van der Waals surface area contributed by atoms with Gasteiger partial charge in [-0.05, 0) is 0 Å². The van der Waals surface area contributed by atoms with Gasteiger partial charge in [0.1, 0.15) is 0 Å². The third-order valence-electron chi connectivity index (χ3n) is 0.539. The molecule has 10 heavy (non-hydrogen) atoms. The molecule has 0 spiro atoms. The SMILES string of the molecule is O=C(CF)S(F)(F)(F)(F)F. The van der Waals surface area contributed by atoms with E-state index in [9.17, 15) is 28.6 Å². The van der Waals surface area contributed by atoms with E-state index in [1.165, 1.54) is 0 Å². The Morgan fingerprint density at radius 2 is 1.40 bits per heavy atom. The highest BCUT2D eigenvalue weighted by atomic mass is 32.5. The number of alkyl halides is 1. The molecule has 0 heterocycles. The van der Waals surface area contributed by atoms with Crippen molar-refractivity contribution in [1.29, 1.82) is 0 Å². The Balaban J connectivity index is 4.92. The molecule has 0 bridgehead atoms. The number of carbonyl (C=O) groups excluding carboxylic acids is 1. The average Bonchev–Trinajstić information content (AvgIpc) is 1.57.